The molecular weight excluding hydrogens is 258 g/mol. The van der Waals surface area contributed by atoms with E-state index in [1.165, 1.54) is 10.6 Å². The summed E-state index contributed by atoms with van der Waals surface area (Å²) >= 11 is 1.65. The van der Waals surface area contributed by atoms with Gasteiger partial charge in [-0.05, 0) is 34.5 Å². The highest BCUT2D eigenvalue weighted by molar-refractivity contribution is 7.07. The quantitative estimate of drug-likeness (QED) is 0.673. The van der Waals surface area contributed by atoms with E-state index in [1.807, 2.05) is 41.8 Å². The van der Waals surface area contributed by atoms with Crippen LogP contribution in [0.15, 0.2) is 52.3 Å². The Morgan fingerprint density at radius 1 is 1.37 bits per heavy atom. The van der Waals surface area contributed by atoms with Gasteiger partial charge in [-0.15, -0.1) is 0 Å². The van der Waals surface area contributed by atoms with Crippen molar-refractivity contribution < 1.29 is 4.79 Å². The molecule has 98 valence electrons. The van der Waals surface area contributed by atoms with Crippen molar-refractivity contribution in [2.45, 2.75) is 6.42 Å². The Kier molecular flexibility index (Phi) is 4.69. The zero-order chi connectivity index (χ0) is 13.5. The number of thiophene rings is 1. The number of amides is 2. The van der Waals surface area contributed by atoms with Crippen LogP contribution in [0.4, 0.5) is 10.5 Å². The maximum Gasteiger partial charge on any atom is 0.341 e. The van der Waals surface area contributed by atoms with Gasteiger partial charge in [-0.1, -0.05) is 18.2 Å². The van der Waals surface area contributed by atoms with Crippen LogP contribution in [0.2, 0.25) is 0 Å². The van der Waals surface area contributed by atoms with Gasteiger partial charge in [-0.2, -0.15) is 16.4 Å². The van der Waals surface area contributed by atoms with Crippen molar-refractivity contribution in [1.82, 2.24) is 5.01 Å². The maximum absolute atomic E-state index is 11.8. The zero-order valence-corrected chi connectivity index (χ0v) is 11.4. The summed E-state index contributed by atoms with van der Waals surface area (Å²) in [4.78, 5) is 11.8. The molecule has 2 amide bonds. The van der Waals surface area contributed by atoms with E-state index in [-0.39, 0.29) is 6.03 Å². The highest BCUT2D eigenvalue weighted by Gasteiger charge is 2.05. The topological polar surface area (TPSA) is 44.7 Å². The normalized spacial score (nSPS) is 10.6. The number of nitrogens with one attached hydrogen (secondary N) is 1. The van der Waals surface area contributed by atoms with Gasteiger partial charge >= 0.3 is 6.03 Å². The second-order valence-electron chi connectivity index (χ2n) is 3.95. The minimum atomic E-state index is -0.257. The number of rotatable bonds is 4. The fraction of sp³-hybridized carbons (Fsp3) is 0.143. The molecule has 0 fully saturated rings. The van der Waals surface area contributed by atoms with Gasteiger partial charge < -0.3 is 5.32 Å². The molecule has 0 spiro atoms. The summed E-state index contributed by atoms with van der Waals surface area (Å²) in [6, 6.07) is 11.1. The minimum absolute atomic E-state index is 0.257. The van der Waals surface area contributed by atoms with E-state index in [1.54, 1.807) is 24.6 Å². The van der Waals surface area contributed by atoms with Crippen LogP contribution >= 0.6 is 11.3 Å². The molecule has 0 aliphatic rings. The predicted molar refractivity (Wildman–Crippen MR) is 79.7 cm³/mol. The van der Waals surface area contributed by atoms with Crippen molar-refractivity contribution in [3.05, 3.63) is 52.7 Å². The molecule has 0 saturated heterocycles. The summed E-state index contributed by atoms with van der Waals surface area (Å²) in [7, 11) is 1.63. The number of anilines is 1. The Labute approximate surface area is 116 Å². The molecule has 2 rings (SSSR count). The summed E-state index contributed by atoms with van der Waals surface area (Å²) in [6.45, 7) is 0. The average molecular weight is 273 g/mol. The van der Waals surface area contributed by atoms with Crippen molar-refractivity contribution in [3.8, 4) is 0 Å². The smallest absolute Gasteiger partial charge is 0.306 e. The number of nitrogens with zero attached hydrogens (tertiary/aromatic N) is 2. The third kappa shape index (κ3) is 4.22. The van der Waals surface area contributed by atoms with Gasteiger partial charge in [-0.25, -0.2) is 9.80 Å². The van der Waals surface area contributed by atoms with Gasteiger partial charge in [0.1, 0.15) is 0 Å². The molecule has 0 aliphatic carbocycles. The van der Waals surface area contributed by atoms with Gasteiger partial charge in [0, 0.05) is 25.4 Å². The van der Waals surface area contributed by atoms with Gasteiger partial charge in [-0.3, -0.25) is 0 Å². The highest BCUT2D eigenvalue weighted by atomic mass is 32.1. The Bertz CT molecular complexity index is 537. The van der Waals surface area contributed by atoms with E-state index in [0.717, 1.165) is 12.1 Å². The summed E-state index contributed by atoms with van der Waals surface area (Å²) in [5.74, 6) is 0. The first-order valence-electron chi connectivity index (χ1n) is 5.89. The fourth-order valence-electron chi connectivity index (χ4n) is 1.46. The molecule has 4 nitrogen and oxygen atoms in total. The molecule has 19 heavy (non-hydrogen) atoms. The molecule has 0 atom stereocenters. The van der Waals surface area contributed by atoms with E-state index in [2.05, 4.69) is 15.8 Å². The van der Waals surface area contributed by atoms with Crippen LogP contribution in [0.3, 0.4) is 0 Å². The minimum Gasteiger partial charge on any atom is -0.306 e. The fourth-order valence-corrected chi connectivity index (χ4v) is 2.14. The average Bonchev–Trinajstić information content (AvgIpc) is 2.93. The second kappa shape index (κ2) is 6.70. The largest absolute Gasteiger partial charge is 0.341 e. The summed E-state index contributed by atoms with van der Waals surface area (Å²) in [6.07, 6.45) is 2.46. The van der Waals surface area contributed by atoms with Crippen LogP contribution in [-0.4, -0.2) is 24.3 Å². The Morgan fingerprint density at radius 3 is 2.84 bits per heavy atom. The standard InChI is InChI=1S/C14H15N3OS/c1-17(15-9-7-12-8-10-19-11-12)14(18)16-13-5-3-2-4-6-13/h2-6,8-11H,7H2,1H3,(H,16,18)/b15-9+. The molecule has 0 bridgehead atoms. The van der Waals surface area contributed by atoms with Crippen molar-refractivity contribution in [1.29, 1.82) is 0 Å². The number of hydrogen-bond donors (Lipinski definition) is 1. The number of carbonyl (C=O) groups is 1. The highest BCUT2D eigenvalue weighted by Crippen LogP contribution is 2.07. The van der Waals surface area contributed by atoms with E-state index in [0.29, 0.717) is 0 Å². The molecule has 1 aromatic heterocycles. The Hall–Kier alpha value is -2.14. The van der Waals surface area contributed by atoms with Crippen LogP contribution in [0.25, 0.3) is 0 Å². The Balaban J connectivity index is 1.84. The molecule has 1 N–H and O–H groups in total. The van der Waals surface area contributed by atoms with Crippen LogP contribution in [-0.2, 0) is 6.42 Å². The van der Waals surface area contributed by atoms with Crippen LogP contribution in [0.5, 0.6) is 0 Å². The third-order valence-electron chi connectivity index (χ3n) is 2.48. The molecule has 1 aromatic carbocycles. The summed E-state index contributed by atoms with van der Waals surface area (Å²) in [5.41, 5.74) is 1.96. The predicted octanol–water partition coefficient (Wildman–Crippen LogP) is 3.44. The van der Waals surface area contributed by atoms with Crippen molar-refractivity contribution in [3.63, 3.8) is 0 Å². The molecule has 5 heteroatoms. The number of hydrogen-bond acceptors (Lipinski definition) is 3. The first-order valence-corrected chi connectivity index (χ1v) is 6.83. The van der Waals surface area contributed by atoms with Crippen molar-refractivity contribution in [2.24, 2.45) is 5.10 Å². The van der Waals surface area contributed by atoms with Gasteiger partial charge in [0.05, 0.1) is 0 Å². The van der Waals surface area contributed by atoms with E-state index in [4.69, 9.17) is 0 Å². The lowest BCUT2D eigenvalue weighted by Crippen LogP contribution is -2.26. The number of para-hydroxylation sites is 1. The van der Waals surface area contributed by atoms with Gasteiger partial charge in [0.25, 0.3) is 0 Å². The molecule has 2 aromatic rings. The summed E-state index contributed by atoms with van der Waals surface area (Å²) < 4.78 is 0. The van der Waals surface area contributed by atoms with E-state index >= 15 is 0 Å². The molecule has 1 heterocycles. The van der Waals surface area contributed by atoms with Crippen LogP contribution < -0.4 is 5.32 Å². The zero-order valence-electron chi connectivity index (χ0n) is 10.6. The maximum atomic E-state index is 11.8. The van der Waals surface area contributed by atoms with Crippen LogP contribution in [0, 0.1) is 0 Å². The second-order valence-corrected chi connectivity index (χ2v) is 4.73. The molecule has 0 aliphatic heterocycles. The van der Waals surface area contributed by atoms with E-state index < -0.39 is 0 Å². The van der Waals surface area contributed by atoms with Gasteiger partial charge in [0.15, 0.2) is 0 Å². The van der Waals surface area contributed by atoms with Crippen molar-refractivity contribution >= 4 is 29.3 Å². The Morgan fingerprint density at radius 2 is 2.16 bits per heavy atom. The van der Waals surface area contributed by atoms with E-state index in [9.17, 15) is 4.79 Å². The third-order valence-corrected chi connectivity index (χ3v) is 3.21. The molecule has 0 radical (unpaired) electrons. The summed E-state index contributed by atoms with van der Waals surface area (Å²) in [5, 5.41) is 12.2. The molecule has 0 saturated carbocycles. The first kappa shape index (κ1) is 13.3. The number of carbonyl (C=O) groups excluding carboxylic acids is 1. The lowest BCUT2D eigenvalue weighted by molar-refractivity contribution is 0.224. The molecular formula is C14H15N3OS. The van der Waals surface area contributed by atoms with Crippen molar-refractivity contribution in [2.75, 3.05) is 12.4 Å². The lowest BCUT2D eigenvalue weighted by Gasteiger charge is -2.12. The molecule has 0 unspecified atom stereocenters. The first-order chi connectivity index (χ1) is 9.25. The number of urea groups is 1. The number of hydrazone groups is 1. The van der Waals surface area contributed by atoms with Crippen LogP contribution in [0.1, 0.15) is 5.56 Å². The SMILES string of the molecule is CN(/N=C/Cc1ccsc1)C(=O)Nc1ccccc1. The number of benzene rings is 1. The monoisotopic (exact) mass is 273 g/mol. The lowest BCUT2D eigenvalue weighted by atomic mass is 10.3. The van der Waals surface area contributed by atoms with Gasteiger partial charge in [0.2, 0.25) is 0 Å².